The Morgan fingerprint density at radius 2 is 1.42 bits per heavy atom. The lowest BCUT2D eigenvalue weighted by Crippen LogP contribution is -2.53. The van der Waals surface area contributed by atoms with Crippen molar-refractivity contribution in [2.45, 2.75) is 17.7 Å². The summed E-state index contributed by atoms with van der Waals surface area (Å²) in [5.74, 6) is -1.19. The smallest absolute Gasteiger partial charge is 0.243 e. The molecule has 0 N–H and O–H groups in total. The molecular formula is C22H25F2N3O3S. The van der Waals surface area contributed by atoms with Gasteiger partial charge in [0.15, 0.2) is 0 Å². The molecule has 0 spiro atoms. The molecule has 1 amide bonds. The highest BCUT2D eigenvalue weighted by Gasteiger charge is 2.35. The van der Waals surface area contributed by atoms with Gasteiger partial charge in [-0.3, -0.25) is 4.79 Å². The second kappa shape index (κ2) is 8.92. The van der Waals surface area contributed by atoms with Gasteiger partial charge in [0.25, 0.3) is 0 Å². The molecule has 9 heteroatoms. The molecule has 1 unspecified atom stereocenters. The van der Waals surface area contributed by atoms with Crippen LogP contribution in [0.25, 0.3) is 0 Å². The summed E-state index contributed by atoms with van der Waals surface area (Å²) in [6.45, 7) is 2.84. The quantitative estimate of drug-likeness (QED) is 0.720. The highest BCUT2D eigenvalue weighted by molar-refractivity contribution is 7.89. The maximum Gasteiger partial charge on any atom is 0.243 e. The molecule has 2 aromatic carbocycles. The van der Waals surface area contributed by atoms with E-state index < -0.39 is 15.8 Å². The monoisotopic (exact) mass is 449 g/mol. The summed E-state index contributed by atoms with van der Waals surface area (Å²) in [6, 6.07) is 11.1. The van der Waals surface area contributed by atoms with E-state index in [4.69, 9.17) is 0 Å². The number of rotatable bonds is 4. The van der Waals surface area contributed by atoms with E-state index in [2.05, 4.69) is 4.90 Å². The standard InChI is InChI=1S/C22H25F2N3O3S/c23-18-3-7-20(8-4-18)25-12-14-26(15-13-25)22(28)17-2-1-11-27(16-17)31(29,30)21-9-5-19(24)6-10-21/h3-10,17H,1-2,11-16H2. The van der Waals surface area contributed by atoms with Crippen LogP contribution in [-0.2, 0) is 14.8 Å². The third-order valence-corrected chi connectivity index (χ3v) is 7.85. The Labute approximate surface area is 181 Å². The van der Waals surface area contributed by atoms with Gasteiger partial charge in [0, 0.05) is 45.0 Å². The largest absolute Gasteiger partial charge is 0.368 e. The van der Waals surface area contributed by atoms with Crippen LogP contribution in [0.5, 0.6) is 0 Å². The molecule has 31 heavy (non-hydrogen) atoms. The number of sulfonamides is 1. The fourth-order valence-electron chi connectivity index (χ4n) is 4.21. The summed E-state index contributed by atoms with van der Waals surface area (Å²) >= 11 is 0. The van der Waals surface area contributed by atoms with Gasteiger partial charge in [-0.25, -0.2) is 17.2 Å². The van der Waals surface area contributed by atoms with Crippen molar-refractivity contribution in [2.24, 2.45) is 5.92 Å². The molecule has 2 aliphatic heterocycles. The van der Waals surface area contributed by atoms with Crippen LogP contribution in [-0.4, -0.2) is 62.8 Å². The number of anilines is 1. The third kappa shape index (κ3) is 4.72. The number of piperazine rings is 1. The van der Waals surface area contributed by atoms with E-state index in [1.54, 1.807) is 17.0 Å². The van der Waals surface area contributed by atoms with E-state index in [9.17, 15) is 22.0 Å². The van der Waals surface area contributed by atoms with E-state index in [-0.39, 0.29) is 29.1 Å². The molecule has 1 atom stereocenters. The van der Waals surface area contributed by atoms with E-state index in [1.165, 1.54) is 28.6 Å². The first-order valence-electron chi connectivity index (χ1n) is 10.4. The van der Waals surface area contributed by atoms with Gasteiger partial charge in [-0.1, -0.05) is 0 Å². The molecule has 0 radical (unpaired) electrons. The molecule has 2 aromatic rings. The number of carbonyl (C=O) groups is 1. The number of benzene rings is 2. The number of nitrogens with zero attached hydrogens (tertiary/aromatic N) is 3. The van der Waals surface area contributed by atoms with Crippen molar-refractivity contribution >= 4 is 21.6 Å². The Kier molecular flexibility index (Phi) is 6.24. The Morgan fingerprint density at radius 1 is 0.839 bits per heavy atom. The maximum atomic E-state index is 13.2. The van der Waals surface area contributed by atoms with Gasteiger partial charge in [-0.15, -0.1) is 0 Å². The molecule has 0 bridgehead atoms. The van der Waals surface area contributed by atoms with E-state index >= 15 is 0 Å². The van der Waals surface area contributed by atoms with Crippen LogP contribution in [0.1, 0.15) is 12.8 Å². The first-order chi connectivity index (χ1) is 14.8. The average Bonchev–Trinajstić information content (AvgIpc) is 2.80. The van der Waals surface area contributed by atoms with Crippen LogP contribution in [0, 0.1) is 17.6 Å². The molecule has 6 nitrogen and oxygen atoms in total. The summed E-state index contributed by atoms with van der Waals surface area (Å²) < 4.78 is 53.5. The highest BCUT2D eigenvalue weighted by Crippen LogP contribution is 2.26. The van der Waals surface area contributed by atoms with E-state index in [0.29, 0.717) is 45.6 Å². The topological polar surface area (TPSA) is 60.9 Å². The number of carbonyl (C=O) groups excluding carboxylic acids is 1. The summed E-state index contributed by atoms with van der Waals surface area (Å²) in [4.78, 5) is 17.0. The van der Waals surface area contributed by atoms with Crippen molar-refractivity contribution < 1.29 is 22.0 Å². The predicted molar refractivity (Wildman–Crippen MR) is 113 cm³/mol. The van der Waals surface area contributed by atoms with Gasteiger partial charge >= 0.3 is 0 Å². The summed E-state index contributed by atoms with van der Waals surface area (Å²) in [6.07, 6.45) is 1.25. The van der Waals surface area contributed by atoms with Gasteiger partial charge < -0.3 is 9.80 Å². The van der Waals surface area contributed by atoms with E-state index in [1.807, 2.05) is 0 Å². The summed E-state index contributed by atoms with van der Waals surface area (Å²) in [5, 5.41) is 0. The van der Waals surface area contributed by atoms with Crippen LogP contribution in [0.2, 0.25) is 0 Å². The van der Waals surface area contributed by atoms with Gasteiger partial charge in [0.05, 0.1) is 10.8 Å². The van der Waals surface area contributed by atoms with E-state index in [0.717, 1.165) is 17.8 Å². The van der Waals surface area contributed by atoms with Gasteiger partial charge in [-0.05, 0) is 61.4 Å². The molecule has 2 aliphatic rings. The van der Waals surface area contributed by atoms with Crippen molar-refractivity contribution in [1.29, 1.82) is 0 Å². The first-order valence-corrected chi connectivity index (χ1v) is 11.8. The number of hydrogen-bond acceptors (Lipinski definition) is 4. The van der Waals surface area contributed by atoms with Crippen molar-refractivity contribution in [3.63, 3.8) is 0 Å². The fraction of sp³-hybridized carbons (Fsp3) is 0.409. The van der Waals surface area contributed by atoms with Crippen molar-refractivity contribution in [3.8, 4) is 0 Å². The van der Waals surface area contributed by atoms with Crippen molar-refractivity contribution in [2.75, 3.05) is 44.2 Å². The van der Waals surface area contributed by atoms with Crippen molar-refractivity contribution in [1.82, 2.24) is 9.21 Å². The van der Waals surface area contributed by atoms with Crippen LogP contribution < -0.4 is 4.90 Å². The summed E-state index contributed by atoms with van der Waals surface area (Å²) in [7, 11) is -3.77. The Hall–Kier alpha value is -2.52. The normalized spacial score (nSPS) is 20.6. The van der Waals surface area contributed by atoms with Crippen LogP contribution in [0.4, 0.5) is 14.5 Å². The molecular weight excluding hydrogens is 424 g/mol. The molecule has 2 saturated heterocycles. The minimum Gasteiger partial charge on any atom is -0.368 e. The predicted octanol–water partition coefficient (Wildman–Crippen LogP) is 2.71. The van der Waals surface area contributed by atoms with Crippen LogP contribution >= 0.6 is 0 Å². The second-order valence-electron chi connectivity index (χ2n) is 7.94. The lowest BCUT2D eigenvalue weighted by molar-refractivity contribution is -0.137. The Morgan fingerprint density at radius 3 is 2.03 bits per heavy atom. The van der Waals surface area contributed by atoms with Crippen LogP contribution in [0.15, 0.2) is 53.4 Å². The number of hydrogen-bond donors (Lipinski definition) is 0. The molecule has 0 aromatic heterocycles. The minimum atomic E-state index is -3.77. The molecule has 2 fully saturated rings. The number of halogens is 2. The lowest BCUT2D eigenvalue weighted by Gasteiger charge is -2.39. The molecule has 0 saturated carbocycles. The fourth-order valence-corrected chi connectivity index (χ4v) is 5.74. The Bertz CT molecular complexity index is 1020. The molecule has 2 heterocycles. The zero-order valence-electron chi connectivity index (χ0n) is 17.1. The van der Waals surface area contributed by atoms with Gasteiger partial charge in [0.2, 0.25) is 15.9 Å². The zero-order chi connectivity index (χ0) is 22.0. The number of piperidine rings is 1. The molecule has 0 aliphatic carbocycles. The maximum absolute atomic E-state index is 13.2. The number of amides is 1. The third-order valence-electron chi connectivity index (χ3n) is 5.97. The first kappa shape index (κ1) is 21.7. The van der Waals surface area contributed by atoms with Crippen LogP contribution in [0.3, 0.4) is 0 Å². The highest BCUT2D eigenvalue weighted by atomic mass is 32.2. The lowest BCUT2D eigenvalue weighted by atomic mass is 9.97. The summed E-state index contributed by atoms with van der Waals surface area (Å²) in [5.41, 5.74) is 0.919. The SMILES string of the molecule is O=C(C1CCCN(S(=O)(=O)c2ccc(F)cc2)C1)N1CCN(c2ccc(F)cc2)CC1. The second-order valence-corrected chi connectivity index (χ2v) is 9.88. The van der Waals surface area contributed by atoms with Gasteiger partial charge in [0.1, 0.15) is 11.6 Å². The average molecular weight is 450 g/mol. The van der Waals surface area contributed by atoms with Gasteiger partial charge in [-0.2, -0.15) is 4.31 Å². The minimum absolute atomic E-state index is 0.0298. The molecule has 166 valence electrons. The van der Waals surface area contributed by atoms with Crippen molar-refractivity contribution in [3.05, 3.63) is 60.2 Å². The Balaban J connectivity index is 1.38. The molecule has 4 rings (SSSR count). The zero-order valence-corrected chi connectivity index (χ0v) is 17.9.